The van der Waals surface area contributed by atoms with Crippen LogP contribution < -0.4 is 14.8 Å². The van der Waals surface area contributed by atoms with Gasteiger partial charge in [0.05, 0.1) is 20.8 Å². The highest BCUT2D eigenvalue weighted by Crippen LogP contribution is 2.35. The van der Waals surface area contributed by atoms with Crippen LogP contribution >= 0.6 is 11.3 Å². The molecule has 3 heterocycles. The van der Waals surface area contributed by atoms with E-state index < -0.39 is 0 Å². The van der Waals surface area contributed by atoms with Gasteiger partial charge in [-0.15, -0.1) is 21.5 Å². The summed E-state index contributed by atoms with van der Waals surface area (Å²) in [5, 5.41) is 14.8. The molecule has 7 nitrogen and oxygen atoms in total. The topological polar surface area (TPSA) is 74.1 Å². The van der Waals surface area contributed by atoms with Crippen LogP contribution in [0.4, 0.5) is 0 Å². The van der Waals surface area contributed by atoms with Gasteiger partial charge in [-0.05, 0) is 18.2 Å². The second-order valence-corrected chi connectivity index (χ2v) is 6.23. The molecule has 0 saturated carbocycles. The van der Waals surface area contributed by atoms with E-state index in [0.29, 0.717) is 11.5 Å². The van der Waals surface area contributed by atoms with Gasteiger partial charge < -0.3 is 19.4 Å². The van der Waals surface area contributed by atoms with Crippen LogP contribution in [0, 0.1) is 0 Å². The molecule has 2 aromatic heterocycles. The zero-order valence-corrected chi connectivity index (χ0v) is 14.3. The monoisotopic (exact) mass is 343 g/mol. The van der Waals surface area contributed by atoms with Gasteiger partial charge in [0.25, 0.3) is 0 Å². The number of ether oxygens (including phenoxy) is 2. The molecule has 124 valence electrons. The Hall–Kier alpha value is -2.45. The van der Waals surface area contributed by atoms with Crippen LogP contribution in [0.25, 0.3) is 22.1 Å². The van der Waals surface area contributed by atoms with E-state index in [1.54, 1.807) is 25.6 Å². The Balaban J connectivity index is 1.69. The van der Waals surface area contributed by atoms with Crippen LogP contribution in [-0.4, -0.2) is 40.5 Å². The van der Waals surface area contributed by atoms with E-state index >= 15 is 0 Å². The average Bonchev–Trinajstić information content (AvgIpc) is 3.27. The fourth-order valence-corrected chi connectivity index (χ4v) is 3.56. The molecule has 0 fully saturated rings. The number of thiazole rings is 1. The Morgan fingerprint density at radius 1 is 1.17 bits per heavy atom. The molecule has 8 heteroatoms. The quantitative estimate of drug-likeness (QED) is 0.783. The van der Waals surface area contributed by atoms with Gasteiger partial charge in [0, 0.05) is 24.0 Å². The van der Waals surface area contributed by atoms with Gasteiger partial charge in [-0.3, -0.25) is 0 Å². The van der Waals surface area contributed by atoms with Crippen LogP contribution in [0.5, 0.6) is 11.5 Å². The van der Waals surface area contributed by atoms with Gasteiger partial charge in [-0.25, -0.2) is 4.98 Å². The van der Waals surface area contributed by atoms with Crippen molar-refractivity contribution in [2.45, 2.75) is 13.1 Å². The van der Waals surface area contributed by atoms with Gasteiger partial charge >= 0.3 is 0 Å². The summed E-state index contributed by atoms with van der Waals surface area (Å²) >= 11 is 1.58. The minimum absolute atomic E-state index is 0.692. The summed E-state index contributed by atoms with van der Waals surface area (Å²) in [5.41, 5.74) is 1.84. The Labute approximate surface area is 143 Å². The number of aromatic nitrogens is 4. The van der Waals surface area contributed by atoms with Crippen molar-refractivity contribution in [3.8, 4) is 33.6 Å². The molecule has 0 aliphatic carbocycles. The summed E-state index contributed by atoms with van der Waals surface area (Å²) in [6.45, 7) is 2.53. The fraction of sp³-hybridized carbons (Fsp3) is 0.312. The molecule has 1 aliphatic rings. The molecule has 0 atom stereocenters. The largest absolute Gasteiger partial charge is 0.493 e. The smallest absolute Gasteiger partial charge is 0.183 e. The highest BCUT2D eigenvalue weighted by atomic mass is 32.1. The van der Waals surface area contributed by atoms with Crippen LogP contribution in [0.3, 0.4) is 0 Å². The SMILES string of the molecule is COc1ccc(-c2nc(-c3nnc4n3CCNC4)cs2)cc1OC. The molecule has 1 N–H and O–H groups in total. The first-order valence-electron chi connectivity index (χ1n) is 7.61. The predicted octanol–water partition coefficient (Wildman–Crippen LogP) is 2.19. The van der Waals surface area contributed by atoms with E-state index in [9.17, 15) is 0 Å². The van der Waals surface area contributed by atoms with E-state index in [1.165, 1.54) is 0 Å². The van der Waals surface area contributed by atoms with Crippen molar-refractivity contribution in [2.24, 2.45) is 0 Å². The molecule has 1 aromatic carbocycles. The lowest BCUT2D eigenvalue weighted by Gasteiger charge is -2.15. The van der Waals surface area contributed by atoms with Gasteiger partial charge in [-0.2, -0.15) is 0 Å². The molecule has 0 radical (unpaired) electrons. The maximum absolute atomic E-state index is 5.37. The number of rotatable bonds is 4. The Morgan fingerprint density at radius 3 is 2.88 bits per heavy atom. The maximum Gasteiger partial charge on any atom is 0.183 e. The summed E-state index contributed by atoms with van der Waals surface area (Å²) in [4.78, 5) is 4.74. The van der Waals surface area contributed by atoms with Crippen LogP contribution in [0.2, 0.25) is 0 Å². The number of nitrogens with one attached hydrogen (secondary N) is 1. The third kappa shape index (κ3) is 2.53. The minimum atomic E-state index is 0.692. The van der Waals surface area contributed by atoms with E-state index in [-0.39, 0.29) is 0 Å². The van der Waals surface area contributed by atoms with Crippen molar-refractivity contribution in [3.05, 3.63) is 29.4 Å². The van der Waals surface area contributed by atoms with Crippen molar-refractivity contribution in [3.63, 3.8) is 0 Å². The standard InChI is InChI=1S/C16H17N5O2S/c1-22-12-4-3-10(7-13(12)23-2)16-18-11(9-24-16)15-20-19-14-8-17-5-6-21(14)15/h3-4,7,9,17H,5-6,8H2,1-2H3. The van der Waals surface area contributed by atoms with E-state index in [4.69, 9.17) is 14.5 Å². The van der Waals surface area contributed by atoms with Gasteiger partial charge in [0.1, 0.15) is 16.5 Å². The first kappa shape index (κ1) is 15.1. The normalized spacial score (nSPS) is 13.6. The van der Waals surface area contributed by atoms with Gasteiger partial charge in [0.2, 0.25) is 0 Å². The first-order chi connectivity index (χ1) is 11.8. The molecule has 3 aromatic rings. The lowest BCUT2D eigenvalue weighted by atomic mass is 10.2. The molecule has 0 spiro atoms. The summed E-state index contributed by atoms with van der Waals surface area (Å²) in [5.74, 6) is 3.18. The zero-order chi connectivity index (χ0) is 16.5. The lowest BCUT2D eigenvalue weighted by molar-refractivity contribution is 0.355. The van der Waals surface area contributed by atoms with Crippen LogP contribution in [-0.2, 0) is 13.1 Å². The summed E-state index contributed by atoms with van der Waals surface area (Å²) < 4.78 is 12.8. The Morgan fingerprint density at radius 2 is 2.04 bits per heavy atom. The van der Waals surface area contributed by atoms with E-state index in [2.05, 4.69) is 20.1 Å². The molecular formula is C16H17N5O2S. The number of nitrogens with zero attached hydrogens (tertiary/aromatic N) is 4. The maximum atomic E-state index is 5.37. The first-order valence-corrected chi connectivity index (χ1v) is 8.49. The third-order valence-electron chi connectivity index (χ3n) is 3.99. The van der Waals surface area contributed by atoms with Crippen LogP contribution in [0.15, 0.2) is 23.6 Å². The van der Waals surface area contributed by atoms with Crippen molar-refractivity contribution < 1.29 is 9.47 Å². The molecule has 4 rings (SSSR count). The highest BCUT2D eigenvalue weighted by molar-refractivity contribution is 7.13. The van der Waals surface area contributed by atoms with Crippen molar-refractivity contribution in [2.75, 3.05) is 20.8 Å². The molecule has 0 saturated heterocycles. The second kappa shape index (κ2) is 6.21. The number of fused-ring (bicyclic) bond motifs is 1. The van der Waals surface area contributed by atoms with Crippen molar-refractivity contribution in [1.29, 1.82) is 0 Å². The number of hydrogen-bond donors (Lipinski definition) is 1. The fourth-order valence-electron chi connectivity index (χ4n) is 2.76. The summed E-state index contributed by atoms with van der Waals surface area (Å²) in [6, 6.07) is 5.80. The number of benzene rings is 1. The molecule has 24 heavy (non-hydrogen) atoms. The molecule has 0 amide bonds. The molecular weight excluding hydrogens is 326 g/mol. The zero-order valence-electron chi connectivity index (χ0n) is 13.4. The number of methoxy groups -OCH3 is 2. The average molecular weight is 343 g/mol. The van der Waals surface area contributed by atoms with Crippen LogP contribution in [0.1, 0.15) is 5.82 Å². The summed E-state index contributed by atoms with van der Waals surface area (Å²) in [7, 11) is 3.26. The lowest BCUT2D eigenvalue weighted by Crippen LogP contribution is -2.28. The Kier molecular flexibility index (Phi) is 3.91. The molecule has 0 unspecified atom stereocenters. The number of hydrogen-bond acceptors (Lipinski definition) is 7. The summed E-state index contributed by atoms with van der Waals surface area (Å²) in [6.07, 6.45) is 0. The van der Waals surface area contributed by atoms with E-state index in [0.717, 1.165) is 47.5 Å². The Bertz CT molecular complexity index is 873. The van der Waals surface area contributed by atoms with E-state index in [1.807, 2.05) is 23.6 Å². The highest BCUT2D eigenvalue weighted by Gasteiger charge is 2.19. The molecule has 0 bridgehead atoms. The minimum Gasteiger partial charge on any atom is -0.493 e. The van der Waals surface area contributed by atoms with Gasteiger partial charge in [0.15, 0.2) is 17.3 Å². The predicted molar refractivity (Wildman–Crippen MR) is 91.4 cm³/mol. The van der Waals surface area contributed by atoms with Gasteiger partial charge in [-0.1, -0.05) is 0 Å². The second-order valence-electron chi connectivity index (χ2n) is 5.38. The third-order valence-corrected chi connectivity index (χ3v) is 4.88. The van der Waals surface area contributed by atoms with Crippen molar-refractivity contribution >= 4 is 11.3 Å². The molecule has 1 aliphatic heterocycles. The van der Waals surface area contributed by atoms with Crippen molar-refractivity contribution in [1.82, 2.24) is 25.1 Å².